The van der Waals surface area contributed by atoms with Gasteiger partial charge in [0, 0.05) is 22.6 Å². The lowest BCUT2D eigenvalue weighted by molar-refractivity contribution is 0.0526. The lowest BCUT2D eigenvalue weighted by atomic mass is 10.1. The molecule has 0 atom stereocenters. The summed E-state index contributed by atoms with van der Waals surface area (Å²) >= 11 is 0. The predicted octanol–water partition coefficient (Wildman–Crippen LogP) is 4.90. The Balaban J connectivity index is 1.76. The fourth-order valence-corrected chi connectivity index (χ4v) is 2.97. The Morgan fingerprint density at radius 3 is 2.59 bits per heavy atom. The molecule has 5 nitrogen and oxygen atoms in total. The number of carbonyl (C=O) groups is 1. The van der Waals surface area contributed by atoms with Crippen LogP contribution in [0.25, 0.3) is 33.6 Å². The van der Waals surface area contributed by atoms with E-state index in [0.29, 0.717) is 34.8 Å². The molecule has 0 saturated heterocycles. The van der Waals surface area contributed by atoms with E-state index < -0.39 is 5.63 Å². The second kappa shape index (κ2) is 6.96. The van der Waals surface area contributed by atoms with Crippen LogP contribution < -0.4 is 5.63 Å². The molecule has 4 rings (SSSR count). The van der Waals surface area contributed by atoms with E-state index >= 15 is 0 Å². The standard InChI is InChI=1S/C22H16O5/c1-2-25-22(24)15-7-5-6-14(12-15)18-10-11-20(26-18)17-13-21(23)27-19-9-4-3-8-16(17)19/h3-13H,2H2,1H3. The van der Waals surface area contributed by atoms with E-state index in [9.17, 15) is 9.59 Å². The number of esters is 1. The van der Waals surface area contributed by atoms with Crippen molar-refractivity contribution in [3.8, 4) is 22.6 Å². The Morgan fingerprint density at radius 1 is 0.926 bits per heavy atom. The maximum Gasteiger partial charge on any atom is 0.338 e. The number of ether oxygens (including phenoxy) is 1. The molecule has 27 heavy (non-hydrogen) atoms. The van der Waals surface area contributed by atoms with Gasteiger partial charge < -0.3 is 13.6 Å². The fraction of sp³-hybridized carbons (Fsp3) is 0.0909. The van der Waals surface area contributed by atoms with Crippen LogP contribution >= 0.6 is 0 Å². The molecule has 4 aromatic rings. The highest BCUT2D eigenvalue weighted by molar-refractivity contribution is 5.92. The molecule has 2 aromatic carbocycles. The van der Waals surface area contributed by atoms with Crippen LogP contribution in [0.5, 0.6) is 0 Å². The summed E-state index contributed by atoms with van der Waals surface area (Å²) in [6.07, 6.45) is 0. The van der Waals surface area contributed by atoms with Crippen molar-refractivity contribution in [2.75, 3.05) is 6.61 Å². The summed E-state index contributed by atoms with van der Waals surface area (Å²) in [5.74, 6) is 0.766. The van der Waals surface area contributed by atoms with Gasteiger partial charge in [0.2, 0.25) is 0 Å². The quantitative estimate of drug-likeness (QED) is 0.382. The summed E-state index contributed by atoms with van der Waals surface area (Å²) in [6.45, 7) is 2.08. The van der Waals surface area contributed by atoms with Crippen LogP contribution in [0.3, 0.4) is 0 Å². The van der Waals surface area contributed by atoms with E-state index in [1.165, 1.54) is 6.07 Å². The van der Waals surface area contributed by atoms with E-state index in [0.717, 1.165) is 10.9 Å². The monoisotopic (exact) mass is 360 g/mol. The second-order valence-electron chi connectivity index (χ2n) is 5.94. The fourth-order valence-electron chi connectivity index (χ4n) is 2.97. The van der Waals surface area contributed by atoms with E-state index in [2.05, 4.69) is 0 Å². The third-order valence-electron chi connectivity index (χ3n) is 4.18. The van der Waals surface area contributed by atoms with Gasteiger partial charge in [-0.3, -0.25) is 0 Å². The lowest BCUT2D eigenvalue weighted by Gasteiger charge is -2.04. The van der Waals surface area contributed by atoms with Crippen molar-refractivity contribution in [2.45, 2.75) is 6.92 Å². The van der Waals surface area contributed by atoms with Gasteiger partial charge in [-0.05, 0) is 37.3 Å². The molecule has 2 aromatic heterocycles. The van der Waals surface area contributed by atoms with Crippen molar-refractivity contribution < 1.29 is 18.4 Å². The summed E-state index contributed by atoms with van der Waals surface area (Å²) in [4.78, 5) is 23.8. The average molecular weight is 360 g/mol. The minimum Gasteiger partial charge on any atom is -0.462 e. The summed E-state index contributed by atoms with van der Waals surface area (Å²) in [7, 11) is 0. The van der Waals surface area contributed by atoms with Gasteiger partial charge in [-0.1, -0.05) is 30.3 Å². The molecule has 0 spiro atoms. The van der Waals surface area contributed by atoms with Gasteiger partial charge in [-0.2, -0.15) is 0 Å². The summed E-state index contributed by atoms with van der Waals surface area (Å²) in [6, 6.07) is 19.4. The first-order chi connectivity index (χ1) is 13.2. The van der Waals surface area contributed by atoms with Crippen molar-refractivity contribution in [3.63, 3.8) is 0 Å². The molecule has 5 heteroatoms. The Kier molecular flexibility index (Phi) is 4.34. The third-order valence-corrected chi connectivity index (χ3v) is 4.18. The van der Waals surface area contributed by atoms with Gasteiger partial charge >= 0.3 is 11.6 Å². The number of rotatable bonds is 4. The van der Waals surface area contributed by atoms with Crippen molar-refractivity contribution >= 4 is 16.9 Å². The molecule has 0 aliphatic heterocycles. The van der Waals surface area contributed by atoms with Crippen LogP contribution in [0.4, 0.5) is 0 Å². The Bertz CT molecular complexity index is 1180. The number of carbonyl (C=O) groups excluding carboxylic acids is 1. The number of benzene rings is 2. The molecular formula is C22H16O5. The number of fused-ring (bicyclic) bond motifs is 1. The number of hydrogen-bond acceptors (Lipinski definition) is 5. The number of hydrogen-bond donors (Lipinski definition) is 0. The van der Waals surface area contributed by atoms with Gasteiger partial charge in [0.25, 0.3) is 0 Å². The first kappa shape index (κ1) is 16.8. The van der Waals surface area contributed by atoms with Crippen molar-refractivity contribution in [1.29, 1.82) is 0 Å². The van der Waals surface area contributed by atoms with Crippen LogP contribution in [0.1, 0.15) is 17.3 Å². The smallest absolute Gasteiger partial charge is 0.338 e. The number of furan rings is 1. The van der Waals surface area contributed by atoms with Crippen molar-refractivity contribution in [1.82, 2.24) is 0 Å². The van der Waals surface area contributed by atoms with E-state index in [1.54, 1.807) is 37.3 Å². The lowest BCUT2D eigenvalue weighted by Crippen LogP contribution is -2.04. The zero-order valence-electron chi connectivity index (χ0n) is 14.6. The molecule has 0 bridgehead atoms. The van der Waals surface area contributed by atoms with Crippen LogP contribution in [0, 0.1) is 0 Å². The van der Waals surface area contributed by atoms with Gasteiger partial charge in [0.1, 0.15) is 17.1 Å². The molecule has 0 fully saturated rings. The maximum atomic E-state index is 11.9. The number of para-hydroxylation sites is 1. The van der Waals surface area contributed by atoms with Crippen molar-refractivity contribution in [3.05, 3.63) is 82.7 Å². The van der Waals surface area contributed by atoms with Gasteiger partial charge in [-0.25, -0.2) is 9.59 Å². The van der Waals surface area contributed by atoms with Crippen LogP contribution in [0.15, 0.2) is 80.4 Å². The molecular weight excluding hydrogens is 344 g/mol. The van der Waals surface area contributed by atoms with E-state index in [1.807, 2.05) is 30.3 Å². The summed E-state index contributed by atoms with van der Waals surface area (Å²) in [5, 5.41) is 0.790. The molecule has 0 N–H and O–H groups in total. The highest BCUT2D eigenvalue weighted by Gasteiger charge is 2.14. The van der Waals surface area contributed by atoms with Gasteiger partial charge in [0.05, 0.1) is 12.2 Å². The van der Waals surface area contributed by atoms with Crippen LogP contribution in [-0.4, -0.2) is 12.6 Å². The second-order valence-corrected chi connectivity index (χ2v) is 5.94. The molecule has 0 aliphatic rings. The Labute approximate surface area is 154 Å². The summed E-state index contributed by atoms with van der Waals surface area (Å²) in [5.41, 5.74) is 1.93. The van der Waals surface area contributed by atoms with Crippen molar-refractivity contribution in [2.24, 2.45) is 0 Å². The Hall–Kier alpha value is -3.60. The SMILES string of the molecule is CCOC(=O)c1cccc(-c2ccc(-c3cc(=O)oc4ccccc34)o2)c1. The van der Waals surface area contributed by atoms with E-state index in [-0.39, 0.29) is 5.97 Å². The highest BCUT2D eigenvalue weighted by Crippen LogP contribution is 2.32. The molecule has 0 aliphatic carbocycles. The molecule has 0 unspecified atom stereocenters. The zero-order valence-corrected chi connectivity index (χ0v) is 14.6. The van der Waals surface area contributed by atoms with Gasteiger partial charge in [-0.15, -0.1) is 0 Å². The molecule has 134 valence electrons. The zero-order chi connectivity index (χ0) is 18.8. The largest absolute Gasteiger partial charge is 0.462 e. The molecule has 0 radical (unpaired) electrons. The topological polar surface area (TPSA) is 69.7 Å². The minimum absolute atomic E-state index is 0.317. The molecule has 2 heterocycles. The highest BCUT2D eigenvalue weighted by atomic mass is 16.5. The summed E-state index contributed by atoms with van der Waals surface area (Å²) < 4.78 is 16.3. The first-order valence-electron chi connectivity index (χ1n) is 8.56. The molecule has 0 amide bonds. The third kappa shape index (κ3) is 3.27. The van der Waals surface area contributed by atoms with E-state index in [4.69, 9.17) is 13.6 Å². The molecule has 0 saturated carbocycles. The maximum absolute atomic E-state index is 11.9. The first-order valence-corrected chi connectivity index (χ1v) is 8.56. The van der Waals surface area contributed by atoms with Crippen LogP contribution in [-0.2, 0) is 4.74 Å². The van der Waals surface area contributed by atoms with Gasteiger partial charge in [0.15, 0.2) is 0 Å². The Morgan fingerprint density at radius 2 is 1.74 bits per heavy atom. The van der Waals surface area contributed by atoms with Crippen LogP contribution in [0.2, 0.25) is 0 Å². The normalized spacial score (nSPS) is 10.9. The average Bonchev–Trinajstić information content (AvgIpc) is 3.18. The minimum atomic E-state index is -0.439. The predicted molar refractivity (Wildman–Crippen MR) is 102 cm³/mol.